The van der Waals surface area contributed by atoms with Crippen LogP contribution in [0.3, 0.4) is 0 Å². The topological polar surface area (TPSA) is 58.6 Å². The molecule has 1 rings (SSSR count). The number of ether oxygens (including phenoxy) is 1. The molecule has 0 radical (unpaired) electrons. The zero-order chi connectivity index (χ0) is 10.6. The molecule has 4 nitrogen and oxygen atoms in total. The number of halogens is 2. The molecule has 2 unspecified atom stereocenters. The molecule has 0 bridgehead atoms. The molecule has 0 saturated carbocycles. The lowest BCUT2D eigenvalue weighted by Crippen LogP contribution is -2.39. The summed E-state index contributed by atoms with van der Waals surface area (Å²) < 4.78 is 28.6. The van der Waals surface area contributed by atoms with E-state index in [2.05, 4.69) is 5.32 Å². The molecule has 2 atom stereocenters. The summed E-state index contributed by atoms with van der Waals surface area (Å²) in [6.45, 7) is 0.444. The maximum atomic E-state index is 11.8. The van der Waals surface area contributed by atoms with Crippen molar-refractivity contribution in [1.82, 2.24) is 5.32 Å². The molecule has 0 aliphatic carbocycles. The predicted octanol–water partition coefficient (Wildman–Crippen LogP) is -0.235. The van der Waals surface area contributed by atoms with Crippen LogP contribution in [-0.2, 0) is 9.53 Å². The van der Waals surface area contributed by atoms with Gasteiger partial charge in [-0.05, 0) is 6.42 Å². The van der Waals surface area contributed by atoms with E-state index in [1.54, 1.807) is 0 Å². The number of aliphatic hydroxyl groups excluding tert-OH is 1. The van der Waals surface area contributed by atoms with Crippen LogP contribution >= 0.6 is 0 Å². The molecule has 1 aliphatic heterocycles. The van der Waals surface area contributed by atoms with Crippen LogP contribution in [0.15, 0.2) is 0 Å². The minimum Gasteiger partial charge on any atom is -0.385 e. The molecular weight excluding hydrogens is 196 g/mol. The lowest BCUT2D eigenvalue weighted by Gasteiger charge is -2.12. The Morgan fingerprint density at radius 3 is 2.86 bits per heavy atom. The Hall–Kier alpha value is -0.750. The molecule has 0 aromatic heterocycles. The van der Waals surface area contributed by atoms with Gasteiger partial charge in [-0.15, -0.1) is 0 Å². The van der Waals surface area contributed by atoms with Gasteiger partial charge in [0.2, 0.25) is 5.91 Å². The van der Waals surface area contributed by atoms with Crippen LogP contribution in [0.2, 0.25) is 0 Å². The Morgan fingerprint density at radius 1 is 1.64 bits per heavy atom. The third kappa shape index (κ3) is 3.19. The van der Waals surface area contributed by atoms with Crippen LogP contribution in [0.5, 0.6) is 0 Å². The monoisotopic (exact) mass is 209 g/mol. The van der Waals surface area contributed by atoms with Gasteiger partial charge in [0, 0.05) is 13.2 Å². The minimum atomic E-state index is -2.82. The number of aliphatic hydroxyl groups is 1. The summed E-state index contributed by atoms with van der Waals surface area (Å²) in [6.07, 6.45) is -4.01. The van der Waals surface area contributed by atoms with Crippen LogP contribution in [-0.4, -0.2) is 43.3 Å². The second kappa shape index (κ2) is 5.21. The molecule has 1 saturated heterocycles. The van der Waals surface area contributed by atoms with E-state index in [0.717, 1.165) is 0 Å². The lowest BCUT2D eigenvalue weighted by atomic mass is 10.1. The van der Waals surface area contributed by atoms with Gasteiger partial charge < -0.3 is 15.2 Å². The second-order valence-electron chi connectivity index (χ2n) is 3.21. The Morgan fingerprint density at radius 2 is 2.36 bits per heavy atom. The standard InChI is InChI=1S/C8H13F2NO3/c9-7(10)6(12)3-11-8(13)5-1-2-14-4-5/h5-7,12H,1-4H2,(H,11,13). The molecule has 6 heteroatoms. The summed E-state index contributed by atoms with van der Waals surface area (Å²) in [7, 11) is 0. The van der Waals surface area contributed by atoms with Crippen molar-refractivity contribution in [2.45, 2.75) is 19.0 Å². The van der Waals surface area contributed by atoms with Gasteiger partial charge in [-0.3, -0.25) is 4.79 Å². The maximum absolute atomic E-state index is 11.8. The molecule has 14 heavy (non-hydrogen) atoms. The van der Waals surface area contributed by atoms with E-state index >= 15 is 0 Å². The first kappa shape index (κ1) is 11.3. The fraction of sp³-hybridized carbons (Fsp3) is 0.875. The van der Waals surface area contributed by atoms with Crippen molar-refractivity contribution < 1.29 is 23.4 Å². The fourth-order valence-electron chi connectivity index (χ4n) is 1.18. The lowest BCUT2D eigenvalue weighted by molar-refractivity contribution is -0.126. The molecule has 0 spiro atoms. The molecule has 0 aromatic rings. The first-order valence-corrected chi connectivity index (χ1v) is 4.43. The van der Waals surface area contributed by atoms with E-state index in [1.807, 2.05) is 0 Å². The number of carbonyl (C=O) groups is 1. The molecular formula is C8H13F2NO3. The fourth-order valence-corrected chi connectivity index (χ4v) is 1.18. The first-order chi connectivity index (χ1) is 6.61. The minimum absolute atomic E-state index is 0.264. The van der Waals surface area contributed by atoms with E-state index in [-0.39, 0.29) is 11.8 Å². The normalized spacial score (nSPS) is 23.9. The van der Waals surface area contributed by atoms with Gasteiger partial charge in [0.1, 0.15) is 6.10 Å². The Labute approximate surface area is 80.2 Å². The molecule has 0 aromatic carbocycles. The second-order valence-corrected chi connectivity index (χ2v) is 3.21. The number of carbonyl (C=O) groups excluding carboxylic acids is 1. The predicted molar refractivity (Wildman–Crippen MR) is 43.9 cm³/mol. The number of amides is 1. The number of alkyl halides is 2. The average molecular weight is 209 g/mol. The number of rotatable bonds is 4. The van der Waals surface area contributed by atoms with E-state index in [4.69, 9.17) is 9.84 Å². The molecule has 1 amide bonds. The van der Waals surface area contributed by atoms with Gasteiger partial charge >= 0.3 is 0 Å². The van der Waals surface area contributed by atoms with Crippen LogP contribution in [0.4, 0.5) is 8.78 Å². The maximum Gasteiger partial charge on any atom is 0.265 e. The SMILES string of the molecule is O=C(NCC(O)C(F)F)C1CCOC1. The summed E-state index contributed by atoms with van der Waals surface area (Å²) in [4.78, 5) is 11.2. The van der Waals surface area contributed by atoms with Crippen molar-refractivity contribution in [3.63, 3.8) is 0 Å². The Bertz CT molecular complexity index is 195. The largest absolute Gasteiger partial charge is 0.385 e. The Kier molecular flexibility index (Phi) is 4.21. The zero-order valence-corrected chi connectivity index (χ0v) is 7.58. The van der Waals surface area contributed by atoms with Gasteiger partial charge in [0.25, 0.3) is 6.43 Å². The molecule has 1 fully saturated rings. The summed E-state index contributed by atoms with van der Waals surface area (Å²) in [5, 5.41) is 11.0. The summed E-state index contributed by atoms with van der Waals surface area (Å²) in [6, 6.07) is 0. The van der Waals surface area contributed by atoms with Crippen LogP contribution < -0.4 is 5.32 Å². The summed E-state index contributed by atoms with van der Waals surface area (Å²) >= 11 is 0. The van der Waals surface area contributed by atoms with Crippen molar-refractivity contribution in [3.8, 4) is 0 Å². The third-order valence-electron chi connectivity index (χ3n) is 2.08. The molecule has 2 N–H and O–H groups in total. The zero-order valence-electron chi connectivity index (χ0n) is 7.58. The van der Waals surface area contributed by atoms with E-state index in [9.17, 15) is 13.6 Å². The highest BCUT2D eigenvalue weighted by Crippen LogP contribution is 2.12. The van der Waals surface area contributed by atoms with Crippen molar-refractivity contribution >= 4 is 5.91 Å². The van der Waals surface area contributed by atoms with Crippen molar-refractivity contribution in [3.05, 3.63) is 0 Å². The van der Waals surface area contributed by atoms with E-state index in [0.29, 0.717) is 19.6 Å². The summed E-state index contributed by atoms with van der Waals surface area (Å²) in [5.74, 6) is -0.595. The Balaban J connectivity index is 2.20. The van der Waals surface area contributed by atoms with E-state index in [1.165, 1.54) is 0 Å². The highest BCUT2D eigenvalue weighted by molar-refractivity contribution is 5.78. The van der Waals surface area contributed by atoms with E-state index < -0.39 is 19.1 Å². The molecule has 1 heterocycles. The van der Waals surface area contributed by atoms with Crippen LogP contribution in [0.1, 0.15) is 6.42 Å². The van der Waals surface area contributed by atoms with Crippen molar-refractivity contribution in [2.24, 2.45) is 5.92 Å². The van der Waals surface area contributed by atoms with Crippen LogP contribution in [0, 0.1) is 5.92 Å². The van der Waals surface area contributed by atoms with Gasteiger partial charge in [-0.2, -0.15) is 0 Å². The smallest absolute Gasteiger partial charge is 0.265 e. The van der Waals surface area contributed by atoms with Gasteiger partial charge in [-0.1, -0.05) is 0 Å². The van der Waals surface area contributed by atoms with Gasteiger partial charge in [0.15, 0.2) is 0 Å². The molecule has 1 aliphatic rings. The highest BCUT2D eigenvalue weighted by atomic mass is 19.3. The van der Waals surface area contributed by atoms with Crippen LogP contribution in [0.25, 0.3) is 0 Å². The number of hydrogen-bond acceptors (Lipinski definition) is 3. The number of hydrogen-bond donors (Lipinski definition) is 2. The van der Waals surface area contributed by atoms with Crippen molar-refractivity contribution in [2.75, 3.05) is 19.8 Å². The quantitative estimate of drug-likeness (QED) is 0.672. The highest BCUT2D eigenvalue weighted by Gasteiger charge is 2.25. The molecule has 82 valence electrons. The summed E-state index contributed by atoms with van der Waals surface area (Å²) in [5.41, 5.74) is 0. The first-order valence-electron chi connectivity index (χ1n) is 4.43. The van der Waals surface area contributed by atoms with Gasteiger partial charge in [-0.25, -0.2) is 8.78 Å². The average Bonchev–Trinajstić information content (AvgIpc) is 2.66. The van der Waals surface area contributed by atoms with Gasteiger partial charge in [0.05, 0.1) is 12.5 Å². The number of nitrogens with one attached hydrogen (secondary N) is 1. The van der Waals surface area contributed by atoms with Crippen molar-refractivity contribution in [1.29, 1.82) is 0 Å². The third-order valence-corrected chi connectivity index (χ3v) is 2.08.